The Morgan fingerprint density at radius 1 is 1.50 bits per heavy atom. The molecule has 0 aliphatic rings. The quantitative estimate of drug-likeness (QED) is 0.812. The highest BCUT2D eigenvalue weighted by molar-refractivity contribution is 6.31. The summed E-state index contributed by atoms with van der Waals surface area (Å²) in [5.41, 5.74) is 8.32. The van der Waals surface area contributed by atoms with Crippen LogP contribution in [0.15, 0.2) is 24.4 Å². The van der Waals surface area contributed by atoms with E-state index in [9.17, 15) is 4.79 Å². The SMILES string of the molecule is CNC(=O)c1ccc(-n2cc(Cl)c(C)n2)c(N)c1. The van der Waals surface area contributed by atoms with Crippen molar-refractivity contribution in [3.63, 3.8) is 0 Å². The van der Waals surface area contributed by atoms with E-state index in [4.69, 9.17) is 17.3 Å². The Labute approximate surface area is 110 Å². The zero-order chi connectivity index (χ0) is 13.3. The number of benzene rings is 1. The maximum atomic E-state index is 11.5. The zero-order valence-electron chi connectivity index (χ0n) is 10.1. The maximum Gasteiger partial charge on any atom is 0.251 e. The Balaban J connectivity index is 2.44. The lowest BCUT2D eigenvalue weighted by Gasteiger charge is -2.07. The molecule has 0 atom stereocenters. The molecule has 1 aromatic carbocycles. The van der Waals surface area contributed by atoms with E-state index >= 15 is 0 Å². The number of carbonyl (C=O) groups is 1. The first-order chi connectivity index (χ1) is 8.52. The lowest BCUT2D eigenvalue weighted by molar-refractivity contribution is 0.0963. The second-order valence-electron chi connectivity index (χ2n) is 3.86. The monoisotopic (exact) mass is 264 g/mol. The van der Waals surface area contributed by atoms with Gasteiger partial charge in [0.1, 0.15) is 0 Å². The third-order valence-corrected chi connectivity index (χ3v) is 2.97. The van der Waals surface area contributed by atoms with Crippen LogP contribution < -0.4 is 11.1 Å². The summed E-state index contributed by atoms with van der Waals surface area (Å²) < 4.78 is 1.60. The molecule has 1 amide bonds. The first-order valence-corrected chi connectivity index (χ1v) is 5.74. The molecule has 0 spiro atoms. The summed E-state index contributed by atoms with van der Waals surface area (Å²) in [7, 11) is 1.57. The van der Waals surface area contributed by atoms with Gasteiger partial charge in [0.2, 0.25) is 0 Å². The van der Waals surface area contributed by atoms with Gasteiger partial charge in [-0.3, -0.25) is 4.79 Å². The van der Waals surface area contributed by atoms with Gasteiger partial charge in [0.25, 0.3) is 5.91 Å². The number of aryl methyl sites for hydroxylation is 1. The van der Waals surface area contributed by atoms with Crippen molar-refractivity contribution in [1.82, 2.24) is 15.1 Å². The Hall–Kier alpha value is -2.01. The topological polar surface area (TPSA) is 72.9 Å². The van der Waals surface area contributed by atoms with Crippen molar-refractivity contribution in [2.45, 2.75) is 6.92 Å². The summed E-state index contributed by atoms with van der Waals surface area (Å²) in [6.07, 6.45) is 1.68. The number of aromatic nitrogens is 2. The first kappa shape index (κ1) is 12.4. The number of nitrogens with two attached hydrogens (primary N) is 1. The van der Waals surface area contributed by atoms with E-state index in [2.05, 4.69) is 10.4 Å². The van der Waals surface area contributed by atoms with Crippen molar-refractivity contribution in [2.75, 3.05) is 12.8 Å². The van der Waals surface area contributed by atoms with Gasteiger partial charge in [-0.25, -0.2) is 4.68 Å². The van der Waals surface area contributed by atoms with Crippen molar-refractivity contribution in [3.8, 4) is 5.69 Å². The Morgan fingerprint density at radius 3 is 2.72 bits per heavy atom. The molecule has 2 rings (SSSR count). The molecular weight excluding hydrogens is 252 g/mol. The minimum atomic E-state index is -0.178. The molecule has 0 saturated heterocycles. The fourth-order valence-corrected chi connectivity index (χ4v) is 1.74. The Kier molecular flexibility index (Phi) is 3.25. The number of anilines is 1. The van der Waals surface area contributed by atoms with Gasteiger partial charge in [-0.2, -0.15) is 5.10 Å². The predicted octanol–water partition coefficient (Wildman–Crippen LogP) is 1.78. The number of hydrogen-bond acceptors (Lipinski definition) is 3. The summed E-state index contributed by atoms with van der Waals surface area (Å²) in [5.74, 6) is -0.178. The van der Waals surface area contributed by atoms with Gasteiger partial charge in [-0.15, -0.1) is 0 Å². The van der Waals surface area contributed by atoms with E-state index in [-0.39, 0.29) is 5.91 Å². The Bertz CT molecular complexity index is 587. The van der Waals surface area contributed by atoms with Crippen LogP contribution >= 0.6 is 11.6 Å². The molecule has 1 aromatic heterocycles. The second-order valence-corrected chi connectivity index (χ2v) is 4.27. The molecule has 5 nitrogen and oxygen atoms in total. The number of halogens is 1. The molecule has 3 N–H and O–H groups in total. The molecule has 6 heteroatoms. The van der Waals surface area contributed by atoms with Gasteiger partial charge in [-0.1, -0.05) is 11.6 Å². The number of nitrogen functional groups attached to an aromatic ring is 1. The molecule has 0 aliphatic heterocycles. The van der Waals surface area contributed by atoms with Gasteiger partial charge in [0.15, 0.2) is 0 Å². The third kappa shape index (κ3) is 2.17. The minimum absolute atomic E-state index is 0.178. The number of carbonyl (C=O) groups excluding carboxylic acids is 1. The van der Waals surface area contributed by atoms with Crippen LogP contribution in [0, 0.1) is 6.92 Å². The molecule has 1 heterocycles. The number of amides is 1. The summed E-state index contributed by atoms with van der Waals surface area (Å²) in [4.78, 5) is 11.5. The van der Waals surface area contributed by atoms with Gasteiger partial charge in [0.05, 0.1) is 22.1 Å². The van der Waals surface area contributed by atoms with Crippen LogP contribution in [0.4, 0.5) is 5.69 Å². The lowest BCUT2D eigenvalue weighted by atomic mass is 10.1. The normalized spacial score (nSPS) is 10.4. The van der Waals surface area contributed by atoms with E-state index in [1.807, 2.05) is 6.92 Å². The van der Waals surface area contributed by atoms with Crippen molar-refractivity contribution in [1.29, 1.82) is 0 Å². The predicted molar refractivity (Wildman–Crippen MR) is 71.1 cm³/mol. The van der Waals surface area contributed by atoms with E-state index in [1.165, 1.54) is 0 Å². The molecule has 2 aromatic rings. The first-order valence-electron chi connectivity index (χ1n) is 5.36. The lowest BCUT2D eigenvalue weighted by Crippen LogP contribution is -2.18. The van der Waals surface area contributed by atoms with Crippen LogP contribution in [0.25, 0.3) is 5.69 Å². The third-order valence-electron chi connectivity index (χ3n) is 2.60. The number of nitrogens with one attached hydrogen (secondary N) is 1. The fraction of sp³-hybridized carbons (Fsp3) is 0.167. The van der Waals surface area contributed by atoms with E-state index < -0.39 is 0 Å². The molecule has 0 radical (unpaired) electrons. The van der Waals surface area contributed by atoms with Crippen LogP contribution in [-0.4, -0.2) is 22.7 Å². The van der Waals surface area contributed by atoms with Crippen LogP contribution in [0.5, 0.6) is 0 Å². The zero-order valence-corrected chi connectivity index (χ0v) is 10.8. The van der Waals surface area contributed by atoms with E-state index in [0.29, 0.717) is 22.0 Å². The molecule has 94 valence electrons. The fourth-order valence-electron chi connectivity index (χ4n) is 1.61. The molecule has 0 unspecified atom stereocenters. The van der Waals surface area contributed by atoms with Gasteiger partial charge in [-0.05, 0) is 25.1 Å². The van der Waals surface area contributed by atoms with Crippen LogP contribution in [-0.2, 0) is 0 Å². The van der Waals surface area contributed by atoms with Gasteiger partial charge in [0, 0.05) is 18.8 Å². The van der Waals surface area contributed by atoms with Gasteiger partial charge >= 0.3 is 0 Å². The van der Waals surface area contributed by atoms with Crippen molar-refractivity contribution in [3.05, 3.63) is 40.7 Å². The number of hydrogen-bond donors (Lipinski definition) is 2. The average molecular weight is 265 g/mol. The number of rotatable bonds is 2. The summed E-state index contributed by atoms with van der Waals surface area (Å²) in [6, 6.07) is 5.04. The van der Waals surface area contributed by atoms with Crippen molar-refractivity contribution >= 4 is 23.2 Å². The maximum absolute atomic E-state index is 11.5. The summed E-state index contributed by atoms with van der Waals surface area (Å²) in [6.45, 7) is 1.81. The highest BCUT2D eigenvalue weighted by Gasteiger charge is 2.10. The highest BCUT2D eigenvalue weighted by atomic mass is 35.5. The van der Waals surface area contributed by atoms with Crippen molar-refractivity contribution in [2.24, 2.45) is 0 Å². The highest BCUT2D eigenvalue weighted by Crippen LogP contribution is 2.21. The molecule has 0 bridgehead atoms. The minimum Gasteiger partial charge on any atom is -0.397 e. The van der Waals surface area contributed by atoms with Crippen molar-refractivity contribution < 1.29 is 4.79 Å². The average Bonchev–Trinajstić information content (AvgIpc) is 2.68. The summed E-state index contributed by atoms with van der Waals surface area (Å²) >= 11 is 5.95. The standard InChI is InChI=1S/C12H13ClN4O/c1-7-9(13)6-17(16-7)11-4-3-8(5-10(11)14)12(18)15-2/h3-6H,14H2,1-2H3,(H,15,18). The van der Waals surface area contributed by atoms with E-state index in [1.54, 1.807) is 36.1 Å². The van der Waals surface area contributed by atoms with E-state index in [0.717, 1.165) is 5.69 Å². The number of nitrogens with zero attached hydrogens (tertiary/aromatic N) is 2. The summed E-state index contributed by atoms with van der Waals surface area (Å²) in [5, 5.41) is 7.36. The smallest absolute Gasteiger partial charge is 0.251 e. The molecule has 0 fully saturated rings. The van der Waals surface area contributed by atoms with Crippen LogP contribution in [0.1, 0.15) is 16.1 Å². The second kappa shape index (κ2) is 4.70. The van der Waals surface area contributed by atoms with Gasteiger partial charge < -0.3 is 11.1 Å². The van der Waals surface area contributed by atoms with Crippen LogP contribution in [0.3, 0.4) is 0 Å². The van der Waals surface area contributed by atoms with Crippen LogP contribution in [0.2, 0.25) is 5.02 Å². The Morgan fingerprint density at radius 2 is 2.22 bits per heavy atom. The molecule has 0 saturated carbocycles. The molecule has 18 heavy (non-hydrogen) atoms. The molecule has 0 aliphatic carbocycles. The largest absolute Gasteiger partial charge is 0.397 e. The molecular formula is C12H13ClN4O.